The first-order valence-corrected chi connectivity index (χ1v) is 5.34. The Labute approximate surface area is 96.0 Å². The van der Waals surface area contributed by atoms with Crippen LogP contribution in [0.25, 0.3) is 0 Å². The fraction of sp³-hybridized carbons (Fsp3) is 0.500. The molecule has 3 nitrogen and oxygen atoms in total. The van der Waals surface area contributed by atoms with Gasteiger partial charge in [-0.05, 0) is 26.1 Å². The van der Waals surface area contributed by atoms with E-state index in [1.54, 1.807) is 19.2 Å². The quantitative estimate of drug-likeness (QED) is 0.831. The van der Waals surface area contributed by atoms with E-state index in [9.17, 15) is 4.39 Å². The Balaban J connectivity index is 3.01. The van der Waals surface area contributed by atoms with E-state index in [1.807, 2.05) is 18.9 Å². The van der Waals surface area contributed by atoms with Crippen LogP contribution in [0.2, 0.25) is 0 Å². The largest absolute Gasteiger partial charge is 0.496 e. The van der Waals surface area contributed by atoms with Gasteiger partial charge in [-0.3, -0.25) is 4.90 Å². The molecule has 0 amide bonds. The number of likely N-dealkylation sites (N-methyl/N-ethyl adjacent to an activating group) is 1. The minimum absolute atomic E-state index is 0.0558. The summed E-state index contributed by atoms with van der Waals surface area (Å²) in [5, 5.41) is 0. The molecule has 2 N–H and O–H groups in total. The lowest BCUT2D eigenvalue weighted by molar-refractivity contribution is 0.255. The molecule has 1 unspecified atom stereocenters. The molecule has 0 radical (unpaired) electrons. The lowest BCUT2D eigenvalue weighted by Crippen LogP contribution is -2.29. The topological polar surface area (TPSA) is 38.5 Å². The number of benzene rings is 1. The molecular weight excluding hydrogens is 207 g/mol. The number of hydrogen-bond acceptors (Lipinski definition) is 3. The van der Waals surface area contributed by atoms with Gasteiger partial charge in [-0.1, -0.05) is 6.07 Å². The van der Waals surface area contributed by atoms with Crippen LogP contribution in [0.5, 0.6) is 5.75 Å². The zero-order valence-electron chi connectivity index (χ0n) is 10.0. The van der Waals surface area contributed by atoms with Crippen molar-refractivity contribution < 1.29 is 9.13 Å². The molecule has 0 heterocycles. The highest BCUT2D eigenvalue weighted by molar-refractivity contribution is 5.36. The van der Waals surface area contributed by atoms with Crippen molar-refractivity contribution in [3.05, 3.63) is 29.6 Å². The van der Waals surface area contributed by atoms with Gasteiger partial charge < -0.3 is 10.5 Å². The molecule has 0 aliphatic heterocycles. The molecule has 0 saturated heterocycles. The summed E-state index contributed by atoms with van der Waals surface area (Å²) in [5.41, 5.74) is 6.07. The highest BCUT2D eigenvalue weighted by Gasteiger charge is 2.19. The highest BCUT2D eigenvalue weighted by atomic mass is 19.1. The monoisotopic (exact) mass is 226 g/mol. The van der Waals surface area contributed by atoms with Crippen LogP contribution in [0.4, 0.5) is 4.39 Å². The molecule has 1 aromatic rings. The van der Waals surface area contributed by atoms with Gasteiger partial charge in [0.1, 0.15) is 11.6 Å². The van der Waals surface area contributed by atoms with E-state index in [2.05, 4.69) is 0 Å². The van der Waals surface area contributed by atoms with Crippen molar-refractivity contribution in [3.8, 4) is 5.75 Å². The maximum absolute atomic E-state index is 13.8. The second kappa shape index (κ2) is 5.82. The van der Waals surface area contributed by atoms with Gasteiger partial charge in [0.15, 0.2) is 0 Å². The van der Waals surface area contributed by atoms with Crippen LogP contribution in [-0.4, -0.2) is 32.1 Å². The Morgan fingerprint density at radius 3 is 2.75 bits per heavy atom. The Kier molecular flexibility index (Phi) is 4.71. The third-order valence-electron chi connectivity index (χ3n) is 2.79. The minimum atomic E-state index is -0.240. The van der Waals surface area contributed by atoms with Gasteiger partial charge in [-0.15, -0.1) is 0 Å². The molecule has 0 saturated carbocycles. The van der Waals surface area contributed by atoms with Crippen LogP contribution >= 0.6 is 0 Å². The number of hydrogen-bond donors (Lipinski definition) is 1. The average Bonchev–Trinajstić information content (AvgIpc) is 2.28. The smallest absolute Gasteiger partial charge is 0.131 e. The van der Waals surface area contributed by atoms with Crippen molar-refractivity contribution in [3.63, 3.8) is 0 Å². The van der Waals surface area contributed by atoms with E-state index in [-0.39, 0.29) is 11.9 Å². The van der Waals surface area contributed by atoms with Gasteiger partial charge in [-0.2, -0.15) is 0 Å². The van der Waals surface area contributed by atoms with Gasteiger partial charge >= 0.3 is 0 Å². The van der Waals surface area contributed by atoms with Crippen molar-refractivity contribution in [2.45, 2.75) is 13.0 Å². The molecule has 0 aliphatic carbocycles. The molecular formula is C12H19FN2O. The minimum Gasteiger partial charge on any atom is -0.496 e. The predicted molar refractivity (Wildman–Crippen MR) is 63.1 cm³/mol. The second-order valence-electron chi connectivity index (χ2n) is 3.80. The number of nitrogens with two attached hydrogens (primary N) is 1. The van der Waals surface area contributed by atoms with Crippen LogP contribution in [0.1, 0.15) is 18.5 Å². The van der Waals surface area contributed by atoms with Gasteiger partial charge in [0.2, 0.25) is 0 Å². The summed E-state index contributed by atoms with van der Waals surface area (Å²) in [7, 11) is 3.47. The Morgan fingerprint density at radius 2 is 2.19 bits per heavy atom. The lowest BCUT2D eigenvalue weighted by atomic mass is 10.1. The first kappa shape index (κ1) is 12.9. The van der Waals surface area contributed by atoms with Gasteiger partial charge in [0.05, 0.1) is 7.11 Å². The van der Waals surface area contributed by atoms with E-state index in [1.165, 1.54) is 6.07 Å². The first-order chi connectivity index (χ1) is 7.61. The summed E-state index contributed by atoms with van der Waals surface area (Å²) in [6, 6.07) is 4.81. The van der Waals surface area contributed by atoms with Gasteiger partial charge in [0, 0.05) is 24.7 Å². The Bertz CT molecular complexity index is 344. The van der Waals surface area contributed by atoms with Gasteiger partial charge in [0.25, 0.3) is 0 Å². The summed E-state index contributed by atoms with van der Waals surface area (Å²) in [4.78, 5) is 2.00. The molecule has 0 fully saturated rings. The maximum Gasteiger partial charge on any atom is 0.131 e. The van der Waals surface area contributed by atoms with Crippen molar-refractivity contribution in [1.29, 1.82) is 0 Å². The van der Waals surface area contributed by atoms with Crippen molar-refractivity contribution in [1.82, 2.24) is 4.90 Å². The van der Waals surface area contributed by atoms with Crippen LogP contribution < -0.4 is 10.5 Å². The molecule has 0 bridgehead atoms. The fourth-order valence-corrected chi connectivity index (χ4v) is 1.72. The number of methoxy groups -OCH3 is 1. The zero-order valence-corrected chi connectivity index (χ0v) is 10.0. The summed E-state index contributed by atoms with van der Waals surface area (Å²) in [5.74, 6) is 0.340. The van der Waals surface area contributed by atoms with E-state index >= 15 is 0 Å². The molecule has 4 heteroatoms. The predicted octanol–water partition coefficient (Wildman–Crippen LogP) is 1.79. The second-order valence-corrected chi connectivity index (χ2v) is 3.80. The summed E-state index contributed by atoms with van der Waals surface area (Å²) in [6.07, 6.45) is 0. The third kappa shape index (κ3) is 2.71. The molecule has 0 spiro atoms. The first-order valence-electron chi connectivity index (χ1n) is 5.34. The van der Waals surface area contributed by atoms with Crippen molar-refractivity contribution in [2.75, 3.05) is 27.2 Å². The standard InChI is InChI=1S/C12H19FN2O/c1-9(15(2)8-7-14)12-10(13)5-4-6-11(12)16-3/h4-6,9H,7-8,14H2,1-3H3. The number of rotatable bonds is 5. The highest BCUT2D eigenvalue weighted by Crippen LogP contribution is 2.30. The molecule has 1 rings (SSSR count). The van der Waals surface area contributed by atoms with E-state index in [0.29, 0.717) is 17.9 Å². The third-order valence-corrected chi connectivity index (χ3v) is 2.79. The van der Waals surface area contributed by atoms with E-state index in [4.69, 9.17) is 10.5 Å². The number of ether oxygens (including phenoxy) is 1. The van der Waals surface area contributed by atoms with Crippen molar-refractivity contribution in [2.24, 2.45) is 5.73 Å². The van der Waals surface area contributed by atoms with E-state index < -0.39 is 0 Å². The van der Waals surface area contributed by atoms with Crippen LogP contribution in [0, 0.1) is 5.82 Å². The lowest BCUT2D eigenvalue weighted by Gasteiger charge is -2.26. The molecule has 16 heavy (non-hydrogen) atoms. The SMILES string of the molecule is COc1cccc(F)c1C(C)N(C)CCN. The Hall–Kier alpha value is -1.13. The summed E-state index contributed by atoms with van der Waals surface area (Å²) in [6.45, 7) is 3.22. The van der Waals surface area contributed by atoms with Crippen LogP contribution in [0.15, 0.2) is 18.2 Å². The molecule has 90 valence electrons. The van der Waals surface area contributed by atoms with Crippen molar-refractivity contribution >= 4 is 0 Å². The normalized spacial score (nSPS) is 12.9. The van der Waals surface area contributed by atoms with E-state index in [0.717, 1.165) is 6.54 Å². The molecule has 1 atom stereocenters. The Morgan fingerprint density at radius 1 is 1.50 bits per heavy atom. The fourth-order valence-electron chi connectivity index (χ4n) is 1.72. The number of nitrogens with zero attached hydrogens (tertiary/aromatic N) is 1. The summed E-state index contributed by atoms with van der Waals surface area (Å²) >= 11 is 0. The van der Waals surface area contributed by atoms with Crippen LogP contribution in [-0.2, 0) is 0 Å². The molecule has 1 aromatic carbocycles. The molecule has 0 aromatic heterocycles. The molecule has 0 aliphatic rings. The van der Waals surface area contributed by atoms with Gasteiger partial charge in [-0.25, -0.2) is 4.39 Å². The number of halogens is 1. The maximum atomic E-state index is 13.8. The average molecular weight is 226 g/mol. The summed E-state index contributed by atoms with van der Waals surface area (Å²) < 4.78 is 18.9. The van der Waals surface area contributed by atoms with Crippen LogP contribution in [0.3, 0.4) is 0 Å². The zero-order chi connectivity index (χ0) is 12.1.